The number of nitrogens with zero attached hydrogens (tertiary/aromatic N) is 5. The van der Waals surface area contributed by atoms with Crippen LogP contribution in [0.25, 0.3) is 0 Å². The van der Waals surface area contributed by atoms with Crippen LogP contribution in [-0.2, 0) is 6.54 Å². The van der Waals surface area contributed by atoms with Crippen LogP contribution in [0.4, 0.5) is 0 Å². The lowest BCUT2D eigenvalue weighted by atomic mass is 9.91. The van der Waals surface area contributed by atoms with E-state index in [9.17, 15) is 0 Å². The fourth-order valence-corrected chi connectivity index (χ4v) is 3.66. The molecule has 1 saturated carbocycles. The van der Waals surface area contributed by atoms with Crippen LogP contribution in [0.15, 0.2) is 12.7 Å². The molecule has 1 aromatic heterocycles. The lowest BCUT2D eigenvalue weighted by Crippen LogP contribution is -2.50. The Labute approximate surface area is 122 Å². The van der Waals surface area contributed by atoms with E-state index >= 15 is 0 Å². The van der Waals surface area contributed by atoms with Gasteiger partial charge in [-0.1, -0.05) is 13.8 Å². The van der Waals surface area contributed by atoms with E-state index < -0.39 is 0 Å². The SMILES string of the molecule is CC1(C)CCC(N2CCN(CCn3cncn3)CC2)C1. The zero-order valence-electron chi connectivity index (χ0n) is 12.8. The molecule has 20 heavy (non-hydrogen) atoms. The monoisotopic (exact) mass is 277 g/mol. The molecule has 1 unspecified atom stereocenters. The van der Waals surface area contributed by atoms with Gasteiger partial charge < -0.3 is 0 Å². The maximum absolute atomic E-state index is 4.16. The highest BCUT2D eigenvalue weighted by molar-refractivity contribution is 4.89. The minimum atomic E-state index is 0.564. The van der Waals surface area contributed by atoms with E-state index in [-0.39, 0.29) is 0 Å². The zero-order valence-corrected chi connectivity index (χ0v) is 12.8. The molecular weight excluding hydrogens is 250 g/mol. The Hall–Kier alpha value is -0.940. The van der Waals surface area contributed by atoms with Crippen molar-refractivity contribution in [3.63, 3.8) is 0 Å². The van der Waals surface area contributed by atoms with Crippen molar-refractivity contribution >= 4 is 0 Å². The largest absolute Gasteiger partial charge is 0.299 e. The zero-order chi connectivity index (χ0) is 14.0. The average molecular weight is 277 g/mol. The van der Waals surface area contributed by atoms with Crippen molar-refractivity contribution in [3.05, 3.63) is 12.7 Å². The molecule has 0 aromatic carbocycles. The standard InChI is InChI=1S/C15H27N5/c1-15(2)4-3-14(11-15)19-8-5-18(6-9-19)7-10-20-13-16-12-17-20/h12-14H,3-11H2,1-2H3. The van der Waals surface area contributed by atoms with E-state index in [1.807, 2.05) is 4.68 Å². The summed E-state index contributed by atoms with van der Waals surface area (Å²) in [6, 6.07) is 0.836. The van der Waals surface area contributed by atoms with Crippen molar-refractivity contribution < 1.29 is 0 Å². The van der Waals surface area contributed by atoms with Crippen molar-refractivity contribution in [2.45, 2.75) is 45.7 Å². The molecule has 2 heterocycles. The lowest BCUT2D eigenvalue weighted by molar-refractivity contribution is 0.0909. The molecule has 1 aliphatic carbocycles. The van der Waals surface area contributed by atoms with Crippen molar-refractivity contribution in [2.24, 2.45) is 5.41 Å². The average Bonchev–Trinajstić information content (AvgIpc) is 3.06. The summed E-state index contributed by atoms with van der Waals surface area (Å²) < 4.78 is 1.92. The molecule has 0 radical (unpaired) electrons. The van der Waals surface area contributed by atoms with Gasteiger partial charge in [-0.15, -0.1) is 0 Å². The minimum Gasteiger partial charge on any atom is -0.299 e. The van der Waals surface area contributed by atoms with Crippen LogP contribution >= 0.6 is 0 Å². The predicted octanol–water partition coefficient (Wildman–Crippen LogP) is 1.47. The lowest BCUT2D eigenvalue weighted by Gasteiger charge is -2.38. The van der Waals surface area contributed by atoms with Gasteiger partial charge in [0, 0.05) is 38.8 Å². The Morgan fingerprint density at radius 2 is 1.95 bits per heavy atom. The number of piperazine rings is 1. The van der Waals surface area contributed by atoms with Gasteiger partial charge >= 0.3 is 0 Å². The van der Waals surface area contributed by atoms with Crippen molar-refractivity contribution in [3.8, 4) is 0 Å². The van der Waals surface area contributed by atoms with Gasteiger partial charge in [0.1, 0.15) is 12.7 Å². The molecular formula is C15H27N5. The first kappa shape index (κ1) is 14.0. The van der Waals surface area contributed by atoms with Gasteiger partial charge in [0.2, 0.25) is 0 Å². The fourth-order valence-electron chi connectivity index (χ4n) is 3.66. The molecule has 1 atom stereocenters. The second-order valence-corrected chi connectivity index (χ2v) is 7.10. The molecule has 2 fully saturated rings. The Bertz CT molecular complexity index is 406. The van der Waals surface area contributed by atoms with Crippen molar-refractivity contribution in [1.82, 2.24) is 24.6 Å². The van der Waals surface area contributed by atoms with Gasteiger partial charge in [-0.05, 0) is 24.7 Å². The third kappa shape index (κ3) is 3.38. The molecule has 1 aliphatic heterocycles. The van der Waals surface area contributed by atoms with E-state index in [2.05, 4.69) is 33.7 Å². The molecule has 0 spiro atoms. The van der Waals surface area contributed by atoms with Gasteiger partial charge in [0.05, 0.1) is 6.54 Å². The maximum atomic E-state index is 4.16. The second kappa shape index (κ2) is 5.82. The third-order valence-electron chi connectivity index (χ3n) is 4.98. The molecule has 0 bridgehead atoms. The fraction of sp³-hybridized carbons (Fsp3) is 0.867. The van der Waals surface area contributed by atoms with Crippen LogP contribution < -0.4 is 0 Å². The number of hydrogen-bond donors (Lipinski definition) is 0. The summed E-state index contributed by atoms with van der Waals surface area (Å²) in [4.78, 5) is 9.27. The Morgan fingerprint density at radius 3 is 2.55 bits per heavy atom. The summed E-state index contributed by atoms with van der Waals surface area (Å²) in [5.74, 6) is 0. The molecule has 0 amide bonds. The quantitative estimate of drug-likeness (QED) is 0.835. The number of aromatic nitrogens is 3. The Balaban J connectivity index is 1.41. The van der Waals surface area contributed by atoms with Crippen LogP contribution in [0.3, 0.4) is 0 Å². The van der Waals surface area contributed by atoms with Crippen LogP contribution in [-0.4, -0.2) is 63.3 Å². The van der Waals surface area contributed by atoms with Crippen LogP contribution in [0.2, 0.25) is 0 Å². The van der Waals surface area contributed by atoms with Crippen molar-refractivity contribution in [1.29, 1.82) is 0 Å². The molecule has 5 heteroatoms. The summed E-state index contributed by atoms with van der Waals surface area (Å²) in [5, 5.41) is 4.16. The predicted molar refractivity (Wildman–Crippen MR) is 79.5 cm³/mol. The minimum absolute atomic E-state index is 0.564. The molecule has 5 nitrogen and oxygen atoms in total. The number of rotatable bonds is 4. The first-order chi connectivity index (χ1) is 9.62. The normalized spacial score (nSPS) is 28.0. The molecule has 3 rings (SSSR count). The first-order valence-electron chi connectivity index (χ1n) is 7.91. The molecule has 2 aliphatic rings. The van der Waals surface area contributed by atoms with Gasteiger partial charge in [-0.2, -0.15) is 5.10 Å². The van der Waals surface area contributed by atoms with Gasteiger partial charge in [0.15, 0.2) is 0 Å². The number of hydrogen-bond acceptors (Lipinski definition) is 4. The third-order valence-corrected chi connectivity index (χ3v) is 4.98. The topological polar surface area (TPSA) is 37.2 Å². The van der Waals surface area contributed by atoms with E-state index in [1.165, 1.54) is 45.4 Å². The highest BCUT2D eigenvalue weighted by Crippen LogP contribution is 2.39. The van der Waals surface area contributed by atoms with E-state index in [0.717, 1.165) is 19.1 Å². The maximum Gasteiger partial charge on any atom is 0.137 e. The highest BCUT2D eigenvalue weighted by atomic mass is 15.3. The summed E-state index contributed by atoms with van der Waals surface area (Å²) in [5.41, 5.74) is 0.564. The first-order valence-corrected chi connectivity index (χ1v) is 7.91. The summed E-state index contributed by atoms with van der Waals surface area (Å²) in [6.45, 7) is 11.8. The smallest absolute Gasteiger partial charge is 0.137 e. The second-order valence-electron chi connectivity index (χ2n) is 7.10. The summed E-state index contributed by atoms with van der Waals surface area (Å²) in [7, 11) is 0. The van der Waals surface area contributed by atoms with Crippen LogP contribution in [0.1, 0.15) is 33.1 Å². The van der Waals surface area contributed by atoms with E-state index in [4.69, 9.17) is 0 Å². The van der Waals surface area contributed by atoms with E-state index in [1.54, 1.807) is 12.7 Å². The Morgan fingerprint density at radius 1 is 1.15 bits per heavy atom. The van der Waals surface area contributed by atoms with Crippen LogP contribution in [0, 0.1) is 5.41 Å². The summed E-state index contributed by atoms with van der Waals surface area (Å²) in [6.07, 6.45) is 7.58. The van der Waals surface area contributed by atoms with Crippen molar-refractivity contribution in [2.75, 3.05) is 32.7 Å². The molecule has 112 valence electrons. The van der Waals surface area contributed by atoms with Crippen LogP contribution in [0.5, 0.6) is 0 Å². The van der Waals surface area contributed by atoms with Gasteiger partial charge in [-0.3, -0.25) is 14.5 Å². The molecule has 1 saturated heterocycles. The van der Waals surface area contributed by atoms with Gasteiger partial charge in [0.25, 0.3) is 0 Å². The van der Waals surface area contributed by atoms with Gasteiger partial charge in [-0.25, -0.2) is 4.98 Å². The molecule has 0 N–H and O–H groups in total. The Kier molecular flexibility index (Phi) is 4.08. The summed E-state index contributed by atoms with van der Waals surface area (Å²) >= 11 is 0. The molecule has 1 aromatic rings. The van der Waals surface area contributed by atoms with E-state index in [0.29, 0.717) is 5.41 Å². The highest BCUT2D eigenvalue weighted by Gasteiger charge is 2.35.